The Morgan fingerprint density at radius 3 is 2.71 bits per heavy atom. The molecule has 8 nitrogen and oxygen atoms in total. The van der Waals surface area contributed by atoms with Crippen molar-refractivity contribution in [2.75, 3.05) is 26.8 Å². The van der Waals surface area contributed by atoms with Gasteiger partial charge in [0.2, 0.25) is 16.1 Å². The fraction of sp³-hybridized carbons (Fsp3) is 0.409. The molecule has 0 radical (unpaired) electrons. The molecule has 1 N–H and O–H groups in total. The van der Waals surface area contributed by atoms with Gasteiger partial charge in [-0.2, -0.15) is 0 Å². The number of amides is 1. The summed E-state index contributed by atoms with van der Waals surface area (Å²) in [4.78, 5) is 14.5. The number of rotatable bonds is 6. The van der Waals surface area contributed by atoms with Crippen LogP contribution < -0.4 is 18.9 Å². The summed E-state index contributed by atoms with van der Waals surface area (Å²) in [6.07, 6.45) is 2.43. The highest BCUT2D eigenvalue weighted by Gasteiger charge is 2.32. The number of fused-ring (bicyclic) bond motifs is 1. The SMILES string of the molecule is COc1cccc(CNS(=O)(=O)c2ccc3c(c2)OC[C@H](C(=O)N2CCCCC2)O3)c1. The normalized spacial score (nSPS) is 18.5. The molecule has 2 heterocycles. The number of likely N-dealkylation sites (tertiary alicyclic amines) is 1. The molecule has 0 spiro atoms. The molecule has 1 atom stereocenters. The summed E-state index contributed by atoms with van der Waals surface area (Å²) in [5.74, 6) is 1.26. The van der Waals surface area contributed by atoms with Crippen molar-refractivity contribution < 1.29 is 27.4 Å². The van der Waals surface area contributed by atoms with Crippen LogP contribution >= 0.6 is 0 Å². The van der Waals surface area contributed by atoms with Crippen LogP contribution in [-0.2, 0) is 21.4 Å². The van der Waals surface area contributed by atoms with E-state index in [2.05, 4.69) is 4.72 Å². The third-order valence-electron chi connectivity index (χ3n) is 5.43. The lowest BCUT2D eigenvalue weighted by atomic mass is 10.1. The maximum absolute atomic E-state index is 12.7. The molecule has 9 heteroatoms. The quantitative estimate of drug-likeness (QED) is 0.732. The first kappa shape index (κ1) is 21.5. The van der Waals surface area contributed by atoms with Crippen molar-refractivity contribution in [1.82, 2.24) is 9.62 Å². The van der Waals surface area contributed by atoms with E-state index in [0.29, 0.717) is 17.2 Å². The summed E-state index contributed by atoms with van der Waals surface area (Å²) < 4.78 is 44.7. The zero-order chi connectivity index (χ0) is 21.8. The molecular weight excluding hydrogens is 420 g/mol. The van der Waals surface area contributed by atoms with Crippen LogP contribution in [0.1, 0.15) is 24.8 Å². The Hall–Kier alpha value is -2.78. The molecule has 2 aliphatic heterocycles. The lowest BCUT2D eigenvalue weighted by Crippen LogP contribution is -2.48. The van der Waals surface area contributed by atoms with Gasteiger partial charge in [0, 0.05) is 25.7 Å². The molecule has 4 rings (SSSR count). The van der Waals surface area contributed by atoms with Gasteiger partial charge >= 0.3 is 0 Å². The van der Waals surface area contributed by atoms with Crippen LogP contribution in [0.4, 0.5) is 0 Å². The summed E-state index contributed by atoms with van der Waals surface area (Å²) in [6.45, 7) is 1.66. The molecule has 2 aromatic carbocycles. The Labute approximate surface area is 182 Å². The second-order valence-electron chi connectivity index (χ2n) is 7.59. The minimum atomic E-state index is -3.76. The molecule has 2 aromatic rings. The van der Waals surface area contributed by atoms with Crippen LogP contribution in [0, 0.1) is 0 Å². The standard InChI is InChI=1S/C22H26N2O6S/c1-28-17-7-5-6-16(12-17)14-23-31(26,27)18-8-9-19-20(13-18)29-15-21(30-19)22(25)24-10-3-2-4-11-24/h5-9,12-13,21,23H,2-4,10-11,14-15H2,1H3/t21-/m1/s1. The van der Waals surface area contributed by atoms with Gasteiger partial charge in [0.25, 0.3) is 5.91 Å². The van der Waals surface area contributed by atoms with Crippen LogP contribution in [0.15, 0.2) is 47.4 Å². The van der Waals surface area contributed by atoms with Crippen LogP contribution in [0.2, 0.25) is 0 Å². The third-order valence-corrected chi connectivity index (χ3v) is 6.83. The molecule has 0 unspecified atom stereocenters. The van der Waals surface area contributed by atoms with Gasteiger partial charge in [-0.25, -0.2) is 13.1 Å². The summed E-state index contributed by atoms with van der Waals surface area (Å²) in [5.41, 5.74) is 0.777. The van der Waals surface area contributed by atoms with Crippen molar-refractivity contribution >= 4 is 15.9 Å². The van der Waals surface area contributed by atoms with Crippen molar-refractivity contribution in [3.8, 4) is 17.2 Å². The Morgan fingerprint density at radius 2 is 1.94 bits per heavy atom. The van der Waals surface area contributed by atoms with E-state index in [1.807, 2.05) is 11.0 Å². The zero-order valence-corrected chi connectivity index (χ0v) is 18.2. The first-order valence-corrected chi connectivity index (χ1v) is 11.8. The fourth-order valence-electron chi connectivity index (χ4n) is 3.70. The molecule has 2 aliphatic rings. The Kier molecular flexibility index (Phi) is 6.33. The van der Waals surface area contributed by atoms with Gasteiger partial charge in [-0.15, -0.1) is 0 Å². The lowest BCUT2D eigenvalue weighted by Gasteiger charge is -2.32. The van der Waals surface area contributed by atoms with Crippen molar-refractivity contribution in [2.24, 2.45) is 0 Å². The van der Waals surface area contributed by atoms with E-state index in [9.17, 15) is 13.2 Å². The molecule has 1 fully saturated rings. The molecule has 0 bridgehead atoms. The first-order valence-electron chi connectivity index (χ1n) is 10.3. The average Bonchev–Trinajstić information content (AvgIpc) is 2.82. The zero-order valence-electron chi connectivity index (χ0n) is 17.4. The summed E-state index contributed by atoms with van der Waals surface area (Å²) >= 11 is 0. The predicted molar refractivity (Wildman–Crippen MR) is 114 cm³/mol. The topological polar surface area (TPSA) is 94.2 Å². The number of hydrogen-bond donors (Lipinski definition) is 1. The highest BCUT2D eigenvalue weighted by molar-refractivity contribution is 7.89. The van der Waals surface area contributed by atoms with Crippen molar-refractivity contribution in [3.05, 3.63) is 48.0 Å². The smallest absolute Gasteiger partial charge is 0.267 e. The first-order chi connectivity index (χ1) is 15.0. The molecule has 0 saturated carbocycles. The summed E-state index contributed by atoms with van der Waals surface area (Å²) in [6, 6.07) is 11.6. The Bertz CT molecular complexity index is 1050. The minimum Gasteiger partial charge on any atom is -0.497 e. The van der Waals surface area contributed by atoms with E-state index in [-0.39, 0.29) is 24.0 Å². The minimum absolute atomic E-state index is 0.0586. The van der Waals surface area contributed by atoms with Crippen LogP contribution in [0.5, 0.6) is 17.2 Å². The molecule has 31 heavy (non-hydrogen) atoms. The predicted octanol–water partition coefficient (Wildman–Crippen LogP) is 2.33. The third kappa shape index (κ3) is 4.94. The van der Waals surface area contributed by atoms with Crippen LogP contribution in [0.3, 0.4) is 0 Å². The van der Waals surface area contributed by atoms with E-state index in [4.69, 9.17) is 14.2 Å². The maximum atomic E-state index is 12.7. The highest BCUT2D eigenvalue weighted by Crippen LogP contribution is 2.34. The number of nitrogens with zero attached hydrogens (tertiary/aromatic N) is 1. The van der Waals surface area contributed by atoms with Gasteiger partial charge < -0.3 is 19.1 Å². The van der Waals surface area contributed by atoms with Gasteiger partial charge in [-0.3, -0.25) is 4.79 Å². The van der Waals surface area contributed by atoms with E-state index in [1.54, 1.807) is 25.3 Å². The summed E-state index contributed by atoms with van der Waals surface area (Å²) in [5, 5.41) is 0. The molecule has 1 amide bonds. The maximum Gasteiger partial charge on any atom is 0.267 e. The molecule has 0 aromatic heterocycles. The highest BCUT2D eigenvalue weighted by atomic mass is 32.2. The molecule has 0 aliphatic carbocycles. The number of piperidine rings is 1. The van der Waals surface area contributed by atoms with E-state index in [0.717, 1.165) is 37.9 Å². The number of carbonyl (C=O) groups excluding carboxylic acids is 1. The van der Waals surface area contributed by atoms with Crippen LogP contribution in [-0.4, -0.2) is 52.1 Å². The second kappa shape index (κ2) is 9.15. The molecule has 1 saturated heterocycles. The van der Waals surface area contributed by atoms with E-state index in [1.165, 1.54) is 18.2 Å². The van der Waals surface area contributed by atoms with Gasteiger partial charge in [-0.1, -0.05) is 12.1 Å². The van der Waals surface area contributed by atoms with E-state index >= 15 is 0 Å². The number of hydrogen-bond acceptors (Lipinski definition) is 6. The fourth-order valence-corrected chi connectivity index (χ4v) is 4.73. The number of nitrogens with one attached hydrogen (secondary N) is 1. The lowest BCUT2D eigenvalue weighted by molar-refractivity contribution is -0.142. The average molecular weight is 447 g/mol. The number of sulfonamides is 1. The molecular formula is C22H26N2O6S. The van der Waals surface area contributed by atoms with E-state index < -0.39 is 16.1 Å². The van der Waals surface area contributed by atoms with Gasteiger partial charge in [-0.05, 0) is 49.1 Å². The van der Waals surface area contributed by atoms with Gasteiger partial charge in [0.1, 0.15) is 12.4 Å². The second-order valence-corrected chi connectivity index (χ2v) is 9.36. The number of benzene rings is 2. The summed E-state index contributed by atoms with van der Waals surface area (Å²) in [7, 11) is -2.20. The van der Waals surface area contributed by atoms with Crippen molar-refractivity contribution in [1.29, 1.82) is 0 Å². The van der Waals surface area contributed by atoms with Crippen molar-refractivity contribution in [3.63, 3.8) is 0 Å². The number of carbonyl (C=O) groups is 1. The number of methoxy groups -OCH3 is 1. The monoisotopic (exact) mass is 446 g/mol. The largest absolute Gasteiger partial charge is 0.497 e. The van der Waals surface area contributed by atoms with Crippen LogP contribution in [0.25, 0.3) is 0 Å². The molecule has 166 valence electrons. The van der Waals surface area contributed by atoms with Crippen molar-refractivity contribution in [2.45, 2.75) is 36.8 Å². The number of ether oxygens (including phenoxy) is 3. The Balaban J connectivity index is 1.42. The Morgan fingerprint density at radius 1 is 1.13 bits per heavy atom. The van der Waals surface area contributed by atoms with Gasteiger partial charge in [0.15, 0.2) is 11.5 Å². The van der Waals surface area contributed by atoms with Gasteiger partial charge in [0.05, 0.1) is 12.0 Å².